The number of sulfonamides is 1. The van der Waals surface area contributed by atoms with Gasteiger partial charge in [-0.15, -0.1) is 0 Å². The van der Waals surface area contributed by atoms with E-state index in [-0.39, 0.29) is 42.5 Å². The Bertz CT molecular complexity index is 1190. The van der Waals surface area contributed by atoms with Gasteiger partial charge in [-0.1, -0.05) is 0 Å². The number of carbonyl (C=O) groups is 1. The molecule has 170 valence electrons. The minimum atomic E-state index is -3.90. The van der Waals surface area contributed by atoms with E-state index in [9.17, 15) is 13.2 Å². The highest BCUT2D eigenvalue weighted by molar-refractivity contribution is 7.90. The van der Waals surface area contributed by atoms with Gasteiger partial charge in [0.1, 0.15) is 28.0 Å². The molecule has 1 aromatic heterocycles. The topological polar surface area (TPSA) is 136 Å². The van der Waals surface area contributed by atoms with Crippen molar-refractivity contribution in [2.24, 2.45) is 10.7 Å². The van der Waals surface area contributed by atoms with Gasteiger partial charge in [0.2, 0.25) is 16.0 Å². The second kappa shape index (κ2) is 8.02. The number of hydrogen-bond donors (Lipinski definition) is 2. The highest BCUT2D eigenvalue weighted by Gasteiger charge is 2.56. The third kappa shape index (κ3) is 3.54. The van der Waals surface area contributed by atoms with Crippen LogP contribution in [0.1, 0.15) is 22.5 Å². The van der Waals surface area contributed by atoms with Crippen LogP contribution in [0.15, 0.2) is 41.5 Å². The van der Waals surface area contributed by atoms with E-state index >= 15 is 4.39 Å². The van der Waals surface area contributed by atoms with Crippen LogP contribution in [0.25, 0.3) is 0 Å². The van der Waals surface area contributed by atoms with Crippen LogP contribution in [-0.2, 0) is 20.3 Å². The molecule has 4 rings (SSSR count). The van der Waals surface area contributed by atoms with Gasteiger partial charge >= 0.3 is 0 Å². The molecule has 3 N–H and O–H groups in total. The fraction of sp³-hybridized carbons (Fsp3) is 0.350. The fourth-order valence-electron chi connectivity index (χ4n) is 3.92. The maximum absolute atomic E-state index is 15.0. The minimum absolute atomic E-state index is 0.0256. The number of halogens is 1. The van der Waals surface area contributed by atoms with Gasteiger partial charge in [-0.25, -0.2) is 27.1 Å². The number of hydrogen-bond acceptors (Lipinski definition) is 8. The second-order valence-electron chi connectivity index (χ2n) is 7.47. The summed E-state index contributed by atoms with van der Waals surface area (Å²) in [5.74, 6) is -0.981. The molecule has 1 amide bonds. The van der Waals surface area contributed by atoms with Gasteiger partial charge in [0, 0.05) is 24.9 Å². The molecule has 0 radical (unpaired) electrons. The van der Waals surface area contributed by atoms with Crippen molar-refractivity contribution in [1.29, 1.82) is 0 Å². The first-order chi connectivity index (χ1) is 15.2. The highest BCUT2D eigenvalue weighted by atomic mass is 32.2. The van der Waals surface area contributed by atoms with Crippen LogP contribution in [0.3, 0.4) is 0 Å². The minimum Gasteiger partial charge on any atom is -0.495 e. The number of fused-ring (bicyclic) bond motifs is 1. The van der Waals surface area contributed by atoms with Crippen LogP contribution in [0, 0.1) is 5.82 Å². The van der Waals surface area contributed by atoms with Crippen molar-refractivity contribution in [1.82, 2.24) is 9.29 Å². The van der Waals surface area contributed by atoms with E-state index in [4.69, 9.17) is 15.2 Å². The molecule has 0 bridgehead atoms. The summed E-state index contributed by atoms with van der Waals surface area (Å²) in [6.07, 6.45) is 1.52. The van der Waals surface area contributed by atoms with Gasteiger partial charge in [0.25, 0.3) is 5.91 Å². The predicted octanol–water partition coefficient (Wildman–Crippen LogP) is 1.06. The number of nitrogens with two attached hydrogens (primary N) is 1. The van der Waals surface area contributed by atoms with Gasteiger partial charge < -0.3 is 20.5 Å². The van der Waals surface area contributed by atoms with Crippen LogP contribution in [0.2, 0.25) is 0 Å². The Hall–Kier alpha value is -3.25. The maximum Gasteiger partial charge on any atom is 0.274 e. The molecule has 2 aromatic rings. The molecule has 3 heterocycles. The molecule has 2 aliphatic heterocycles. The fourth-order valence-corrected chi connectivity index (χ4v) is 5.74. The lowest BCUT2D eigenvalue weighted by Crippen LogP contribution is -2.61. The predicted molar refractivity (Wildman–Crippen MR) is 114 cm³/mol. The number of amides is 1. The summed E-state index contributed by atoms with van der Waals surface area (Å²) in [6, 6.07) is 6.93. The Labute approximate surface area is 184 Å². The molecule has 1 unspecified atom stereocenters. The lowest BCUT2D eigenvalue weighted by atomic mass is 9.84. The largest absolute Gasteiger partial charge is 0.495 e. The number of benzene rings is 1. The molecule has 1 aromatic carbocycles. The maximum atomic E-state index is 15.0. The molecule has 0 spiro atoms. The molecule has 10 nitrogen and oxygen atoms in total. The summed E-state index contributed by atoms with van der Waals surface area (Å²) < 4.78 is 52.6. The standard InChI is InChI=1S/C20H22FN5O5S/c1-26-19(22)25-20(11-31-8-7-17(20)32(26,28)29)14-9-12(3-5-15(14)21)24-18(27)16-6-4-13(30-2)10-23-16/h3-6,9-10,17H,7-8,11H2,1-2H3,(H2,22,25)(H,24,27)/t17?,20-/m1/s1. The van der Waals surface area contributed by atoms with Crippen LogP contribution in [0.5, 0.6) is 5.75 Å². The van der Waals surface area contributed by atoms with Crippen LogP contribution in [0.4, 0.5) is 10.1 Å². The number of aliphatic imine (C=N–C) groups is 1. The Balaban J connectivity index is 1.74. The van der Waals surface area contributed by atoms with Crippen molar-refractivity contribution in [3.05, 3.63) is 53.6 Å². The van der Waals surface area contributed by atoms with E-state index < -0.39 is 32.5 Å². The molecule has 0 saturated carbocycles. The molecular weight excluding hydrogens is 441 g/mol. The zero-order valence-electron chi connectivity index (χ0n) is 17.4. The lowest BCUT2D eigenvalue weighted by Gasteiger charge is -2.45. The first-order valence-corrected chi connectivity index (χ1v) is 11.2. The molecule has 2 aliphatic rings. The Kier molecular flexibility index (Phi) is 5.51. The normalized spacial score (nSPS) is 24.3. The Morgan fingerprint density at radius 1 is 1.38 bits per heavy atom. The van der Waals surface area contributed by atoms with Gasteiger partial charge in [-0.05, 0) is 36.8 Å². The van der Waals surface area contributed by atoms with E-state index in [2.05, 4.69) is 15.3 Å². The third-order valence-corrected chi connectivity index (χ3v) is 7.95. The summed E-state index contributed by atoms with van der Waals surface area (Å²) >= 11 is 0. The van der Waals surface area contributed by atoms with E-state index in [0.717, 1.165) is 10.4 Å². The van der Waals surface area contributed by atoms with E-state index in [1.807, 2.05) is 0 Å². The molecule has 1 saturated heterocycles. The number of carbonyl (C=O) groups excluding carboxylic acids is 1. The molecule has 1 fully saturated rings. The number of nitrogens with zero attached hydrogens (tertiary/aromatic N) is 3. The smallest absolute Gasteiger partial charge is 0.274 e. The van der Waals surface area contributed by atoms with Gasteiger partial charge in [0.15, 0.2) is 0 Å². The summed E-state index contributed by atoms with van der Waals surface area (Å²) in [7, 11) is -1.11. The van der Waals surface area contributed by atoms with Gasteiger partial charge in [-0.3, -0.25) is 4.79 Å². The molecule has 12 heteroatoms. The number of aromatic nitrogens is 1. The Morgan fingerprint density at radius 2 is 2.16 bits per heavy atom. The molecule has 2 atom stereocenters. The average Bonchev–Trinajstić information content (AvgIpc) is 2.79. The average molecular weight is 463 g/mol. The summed E-state index contributed by atoms with van der Waals surface area (Å²) in [5, 5.41) is 1.58. The number of guanidine groups is 1. The first kappa shape index (κ1) is 22.0. The van der Waals surface area contributed by atoms with Gasteiger partial charge in [-0.2, -0.15) is 0 Å². The SMILES string of the molecule is COc1ccc(C(=O)Nc2ccc(F)c([C@]34COCCC3S(=O)(=O)N(C)C(N)=N4)c2)nc1. The monoisotopic (exact) mass is 463 g/mol. The van der Waals surface area contributed by atoms with Crippen molar-refractivity contribution < 1.29 is 27.1 Å². The summed E-state index contributed by atoms with van der Waals surface area (Å²) in [5.41, 5.74) is 4.65. The van der Waals surface area contributed by atoms with Crippen LogP contribution < -0.4 is 15.8 Å². The molecule has 32 heavy (non-hydrogen) atoms. The third-order valence-electron chi connectivity index (χ3n) is 5.65. The zero-order chi connectivity index (χ0) is 23.1. The molecular formula is C20H22FN5O5S. The lowest BCUT2D eigenvalue weighted by molar-refractivity contribution is 0.0361. The van der Waals surface area contributed by atoms with Crippen LogP contribution >= 0.6 is 0 Å². The van der Waals surface area contributed by atoms with Crippen molar-refractivity contribution in [2.75, 3.05) is 32.7 Å². The number of nitrogens with one attached hydrogen (secondary N) is 1. The van der Waals surface area contributed by atoms with Crippen molar-refractivity contribution >= 4 is 27.6 Å². The van der Waals surface area contributed by atoms with E-state index in [1.54, 1.807) is 6.07 Å². The highest BCUT2D eigenvalue weighted by Crippen LogP contribution is 2.44. The number of ether oxygens (including phenoxy) is 2. The van der Waals surface area contributed by atoms with Crippen LogP contribution in [-0.4, -0.2) is 62.2 Å². The van der Waals surface area contributed by atoms with E-state index in [0.29, 0.717) is 5.75 Å². The Morgan fingerprint density at radius 3 is 2.84 bits per heavy atom. The number of rotatable bonds is 4. The summed E-state index contributed by atoms with van der Waals surface area (Å²) in [6.45, 7) is 0.0237. The number of methoxy groups -OCH3 is 1. The summed E-state index contributed by atoms with van der Waals surface area (Å²) in [4.78, 5) is 21.0. The molecule has 0 aliphatic carbocycles. The van der Waals surface area contributed by atoms with Crippen molar-refractivity contribution in [3.8, 4) is 5.75 Å². The second-order valence-corrected chi connectivity index (χ2v) is 9.62. The quantitative estimate of drug-likeness (QED) is 0.692. The number of pyridine rings is 1. The van der Waals surface area contributed by atoms with Crippen molar-refractivity contribution in [3.63, 3.8) is 0 Å². The zero-order valence-corrected chi connectivity index (χ0v) is 18.2. The first-order valence-electron chi connectivity index (χ1n) is 9.71. The van der Waals surface area contributed by atoms with E-state index in [1.165, 1.54) is 38.6 Å². The van der Waals surface area contributed by atoms with Gasteiger partial charge in [0.05, 0.1) is 19.9 Å². The van der Waals surface area contributed by atoms with Crippen molar-refractivity contribution in [2.45, 2.75) is 17.2 Å². The number of anilines is 1.